The van der Waals surface area contributed by atoms with E-state index in [4.69, 9.17) is 0 Å². The van der Waals surface area contributed by atoms with Gasteiger partial charge in [-0.25, -0.2) is 0 Å². The fourth-order valence-electron chi connectivity index (χ4n) is 0. The molecule has 0 bridgehead atoms. The van der Waals surface area contributed by atoms with Crippen LogP contribution in [0.5, 0.6) is 0 Å². The van der Waals surface area contributed by atoms with Gasteiger partial charge in [0.25, 0.3) is 0 Å². The molecule has 0 aliphatic rings. The molecule has 0 rings (SSSR count). The van der Waals surface area contributed by atoms with E-state index in [-0.39, 0.29) is 40.1 Å². The molecule has 0 spiro atoms. The molecule has 20 valence electrons. The molecule has 0 aromatic rings. The van der Waals surface area contributed by atoms with Crippen LogP contribution < -0.4 is 0 Å². The van der Waals surface area contributed by atoms with Gasteiger partial charge in [0.05, 0.1) is 0 Å². The summed E-state index contributed by atoms with van der Waals surface area (Å²) in [5, 5.41) is 0. The van der Waals surface area contributed by atoms with Crippen LogP contribution in [-0.4, -0.2) is 0 Å². The summed E-state index contributed by atoms with van der Waals surface area (Å²) in [6.07, 6.45) is 8.00. The van der Waals surface area contributed by atoms with Gasteiger partial charge in [0.15, 0.2) is 0 Å². The minimum atomic E-state index is 0. The van der Waals surface area contributed by atoms with Gasteiger partial charge in [0.1, 0.15) is 0 Å². The summed E-state index contributed by atoms with van der Waals surface area (Å²) in [7, 11) is 0. The summed E-state index contributed by atoms with van der Waals surface area (Å²) < 4.78 is 0. The Balaban J connectivity index is -0.00000000500. The molecule has 0 unspecified atom stereocenters. The summed E-state index contributed by atoms with van der Waals surface area (Å²) in [5.74, 6) is 0. The maximum Gasteiger partial charge on any atom is 0 e. The Kier molecular flexibility index (Phi) is 256. The third-order valence-corrected chi connectivity index (χ3v) is 0. The normalized spacial score (nSPS) is 0.500. The molecular weight excluding hydrogens is 260 g/mol. The van der Waals surface area contributed by atoms with Crippen LogP contribution in [0.15, 0.2) is 0 Å². The SMILES string of the molecule is C#C.Cl.[Hg]. The molecule has 0 heterocycles. The second-order valence-corrected chi connectivity index (χ2v) is 0. The summed E-state index contributed by atoms with van der Waals surface area (Å²) >= 11 is 0. The van der Waals surface area contributed by atoms with E-state index in [9.17, 15) is 0 Å². The number of hydrogen-bond donors (Lipinski definition) is 0. The summed E-state index contributed by atoms with van der Waals surface area (Å²) in [6, 6.07) is 0. The molecule has 0 aliphatic heterocycles. The number of terminal acetylenes is 1. The van der Waals surface area contributed by atoms with E-state index >= 15 is 0 Å². The van der Waals surface area contributed by atoms with Crippen molar-refractivity contribution in [2.75, 3.05) is 0 Å². The molecule has 0 aromatic carbocycles. The zero-order chi connectivity index (χ0) is 2.00. The van der Waals surface area contributed by atoms with Crippen molar-refractivity contribution < 1.29 is 27.7 Å². The molecule has 2 heteroatoms. The molecule has 0 saturated carbocycles. The van der Waals surface area contributed by atoms with Gasteiger partial charge in [0, 0.05) is 27.7 Å². The molecule has 0 N–H and O–H groups in total. The topological polar surface area (TPSA) is 0 Å². The van der Waals surface area contributed by atoms with Crippen LogP contribution in [0.25, 0.3) is 0 Å². The van der Waals surface area contributed by atoms with Gasteiger partial charge in [-0.3, -0.25) is 0 Å². The molecule has 0 radical (unpaired) electrons. The van der Waals surface area contributed by atoms with E-state index in [0.717, 1.165) is 0 Å². The third kappa shape index (κ3) is 14.4. The first-order valence-corrected chi connectivity index (χ1v) is 0.333. The predicted octanol–water partition coefficient (Wildman–Crippen LogP) is 0.669. The molecule has 0 atom stereocenters. The summed E-state index contributed by atoms with van der Waals surface area (Å²) in [4.78, 5) is 0. The molecular formula is C2H3ClHg. The smallest absolute Gasteiger partial charge is 0 e. The second-order valence-electron chi connectivity index (χ2n) is 0. The Labute approximate surface area is 52.9 Å². The van der Waals surface area contributed by atoms with Crippen LogP contribution in [-0.2, 0) is 27.7 Å². The maximum atomic E-state index is 4.00. The van der Waals surface area contributed by atoms with Crippen molar-refractivity contribution in [1.82, 2.24) is 0 Å². The first-order valence-electron chi connectivity index (χ1n) is 0.333. The van der Waals surface area contributed by atoms with Crippen LogP contribution in [0.2, 0.25) is 0 Å². The van der Waals surface area contributed by atoms with Crippen molar-refractivity contribution in [2.24, 2.45) is 0 Å². The predicted molar refractivity (Wildman–Crippen MR) is 17.1 cm³/mol. The van der Waals surface area contributed by atoms with Gasteiger partial charge in [-0.2, -0.15) is 0 Å². The number of rotatable bonds is 0. The van der Waals surface area contributed by atoms with Crippen LogP contribution in [0.1, 0.15) is 0 Å². The Morgan fingerprint density at radius 2 is 1.00 bits per heavy atom. The third-order valence-electron chi connectivity index (χ3n) is 0. The van der Waals surface area contributed by atoms with E-state index in [1.807, 2.05) is 0 Å². The van der Waals surface area contributed by atoms with E-state index in [2.05, 4.69) is 12.8 Å². The molecule has 0 amide bonds. The van der Waals surface area contributed by atoms with Crippen molar-refractivity contribution in [1.29, 1.82) is 0 Å². The van der Waals surface area contributed by atoms with Gasteiger partial charge in [-0.05, 0) is 0 Å². The van der Waals surface area contributed by atoms with Gasteiger partial charge in [-0.15, -0.1) is 25.3 Å². The van der Waals surface area contributed by atoms with Crippen molar-refractivity contribution in [3.05, 3.63) is 0 Å². The minimum Gasteiger partial charge on any atom is -0.147 e. The van der Waals surface area contributed by atoms with Crippen molar-refractivity contribution >= 4 is 12.4 Å². The minimum absolute atomic E-state index is 0. The quantitative estimate of drug-likeness (QED) is 0.445. The van der Waals surface area contributed by atoms with Crippen LogP contribution in [0.3, 0.4) is 0 Å². The van der Waals surface area contributed by atoms with Crippen molar-refractivity contribution in [3.8, 4) is 12.8 Å². The zero-order valence-electron chi connectivity index (χ0n) is 2.27. The molecule has 0 fully saturated rings. The fraction of sp³-hybridized carbons (Fsp3) is 0. The average molecular weight is 263 g/mol. The van der Waals surface area contributed by atoms with Gasteiger partial charge < -0.3 is 0 Å². The van der Waals surface area contributed by atoms with Gasteiger partial charge in [-0.1, -0.05) is 0 Å². The second kappa shape index (κ2) is 47.6. The van der Waals surface area contributed by atoms with E-state index in [0.29, 0.717) is 0 Å². The fourth-order valence-corrected chi connectivity index (χ4v) is 0. The van der Waals surface area contributed by atoms with Crippen molar-refractivity contribution in [3.63, 3.8) is 0 Å². The Hall–Kier alpha value is 0.785. The Morgan fingerprint density at radius 3 is 1.00 bits per heavy atom. The average Bonchev–Trinajstić information content (AvgIpc) is 1.00. The Morgan fingerprint density at radius 1 is 1.00 bits per heavy atom. The number of halogens is 1. The van der Waals surface area contributed by atoms with Crippen LogP contribution in [0, 0.1) is 12.8 Å². The van der Waals surface area contributed by atoms with Crippen molar-refractivity contribution in [2.45, 2.75) is 0 Å². The monoisotopic (exact) mass is 264 g/mol. The first kappa shape index (κ1) is 21.5. The van der Waals surface area contributed by atoms with Crippen LogP contribution >= 0.6 is 12.4 Å². The van der Waals surface area contributed by atoms with E-state index < -0.39 is 0 Å². The van der Waals surface area contributed by atoms with Gasteiger partial charge in [0.2, 0.25) is 0 Å². The summed E-state index contributed by atoms with van der Waals surface area (Å²) in [6.45, 7) is 0. The van der Waals surface area contributed by atoms with Gasteiger partial charge >= 0.3 is 0 Å². The largest absolute Gasteiger partial charge is 0.147 e. The maximum absolute atomic E-state index is 4.00. The molecule has 0 nitrogen and oxygen atoms in total. The Bertz CT molecular complexity index is 10.8. The van der Waals surface area contributed by atoms with E-state index in [1.165, 1.54) is 0 Å². The van der Waals surface area contributed by atoms with Crippen LogP contribution in [0.4, 0.5) is 0 Å². The molecule has 0 aromatic heterocycles. The standard InChI is InChI=1S/C2H2.ClH.Hg/c1-2;;/h1-2H;1H;. The molecule has 0 aliphatic carbocycles. The first-order chi connectivity index (χ1) is 1.00. The summed E-state index contributed by atoms with van der Waals surface area (Å²) in [5.41, 5.74) is 0. The molecule has 4 heavy (non-hydrogen) atoms. The zero-order valence-corrected chi connectivity index (χ0v) is 8.58. The van der Waals surface area contributed by atoms with E-state index in [1.54, 1.807) is 0 Å². The number of hydrogen-bond acceptors (Lipinski definition) is 0. The molecule has 0 saturated heterocycles.